The molecule has 1 atom stereocenters. The van der Waals surface area contributed by atoms with E-state index in [1.165, 1.54) is 31.4 Å². The van der Waals surface area contributed by atoms with Gasteiger partial charge >= 0.3 is 12.0 Å². The third-order valence-corrected chi connectivity index (χ3v) is 6.01. The van der Waals surface area contributed by atoms with Gasteiger partial charge in [0.25, 0.3) is 15.9 Å². The summed E-state index contributed by atoms with van der Waals surface area (Å²) in [6, 6.07) is 8.52. The number of rotatable bonds is 8. The summed E-state index contributed by atoms with van der Waals surface area (Å²) in [5.74, 6) is -1.84. The third kappa shape index (κ3) is 6.34. The second kappa shape index (κ2) is 10.3. The van der Waals surface area contributed by atoms with Crippen LogP contribution in [0.15, 0.2) is 47.4 Å². The number of anilines is 1. The first-order valence-electron chi connectivity index (χ1n) is 9.22. The van der Waals surface area contributed by atoms with Gasteiger partial charge in [-0.2, -0.15) is 0 Å². The quantitative estimate of drug-likeness (QED) is 0.487. The predicted molar refractivity (Wildman–Crippen MR) is 117 cm³/mol. The molecule has 0 saturated carbocycles. The van der Waals surface area contributed by atoms with Crippen LogP contribution in [0, 0.1) is 5.92 Å². The number of hydrogen-bond acceptors (Lipinski definition) is 7. The van der Waals surface area contributed by atoms with Gasteiger partial charge in [0.15, 0.2) is 6.10 Å². The molecule has 0 saturated heterocycles. The highest BCUT2D eigenvalue weighted by Gasteiger charge is 2.29. The number of amides is 3. The van der Waals surface area contributed by atoms with Crippen LogP contribution in [0.3, 0.4) is 0 Å². The molecule has 10 nitrogen and oxygen atoms in total. The molecule has 0 unspecified atom stereocenters. The smallest absolute Gasteiger partial charge is 0.338 e. The lowest BCUT2D eigenvalue weighted by molar-refractivity contribution is -0.130. The van der Waals surface area contributed by atoms with Gasteiger partial charge in [-0.05, 0) is 48.4 Å². The molecule has 32 heavy (non-hydrogen) atoms. The Bertz CT molecular complexity index is 1120. The predicted octanol–water partition coefficient (Wildman–Crippen LogP) is 2.53. The minimum absolute atomic E-state index is 0.130. The van der Waals surface area contributed by atoms with Crippen LogP contribution < -0.4 is 20.5 Å². The standard InChI is InChI=1S/C20H22ClN3O7S/c1-11(2)17(18(25)23-20(22)27)31-19(26)12-4-9-15(21)16(10-12)32(28,29)24-13-5-7-14(30-3)8-6-13/h4-11,17,24H,1-3H3,(H3,22,23,25,27)/t17-/m0/s1. The molecule has 2 rings (SSSR count). The number of benzene rings is 2. The number of methoxy groups -OCH3 is 1. The van der Waals surface area contributed by atoms with Crippen LogP contribution in [0.25, 0.3) is 0 Å². The van der Waals surface area contributed by atoms with E-state index in [1.54, 1.807) is 26.0 Å². The van der Waals surface area contributed by atoms with Crippen LogP contribution in [-0.4, -0.2) is 39.5 Å². The molecule has 0 fully saturated rings. The van der Waals surface area contributed by atoms with Gasteiger partial charge in [-0.25, -0.2) is 18.0 Å². The average Bonchev–Trinajstić information content (AvgIpc) is 2.71. The molecule has 172 valence electrons. The van der Waals surface area contributed by atoms with Crippen molar-refractivity contribution in [3.8, 4) is 5.75 Å². The summed E-state index contributed by atoms with van der Waals surface area (Å²) in [6.07, 6.45) is -1.33. The normalized spacial score (nSPS) is 12.0. The zero-order valence-electron chi connectivity index (χ0n) is 17.4. The monoisotopic (exact) mass is 483 g/mol. The first-order valence-corrected chi connectivity index (χ1v) is 11.1. The maximum Gasteiger partial charge on any atom is 0.338 e. The fourth-order valence-electron chi connectivity index (χ4n) is 2.57. The molecule has 12 heteroatoms. The minimum Gasteiger partial charge on any atom is -0.497 e. The fraction of sp³-hybridized carbons (Fsp3) is 0.250. The lowest BCUT2D eigenvalue weighted by Gasteiger charge is -2.20. The first kappa shape index (κ1) is 25.0. The second-order valence-corrected chi connectivity index (χ2v) is 8.96. The van der Waals surface area contributed by atoms with Gasteiger partial charge in [0.05, 0.1) is 17.7 Å². The van der Waals surface area contributed by atoms with Crippen LogP contribution in [0.2, 0.25) is 5.02 Å². The number of urea groups is 1. The molecule has 3 amide bonds. The molecule has 0 radical (unpaired) electrons. The van der Waals surface area contributed by atoms with E-state index < -0.39 is 40.0 Å². The van der Waals surface area contributed by atoms with Gasteiger partial charge in [-0.3, -0.25) is 14.8 Å². The van der Waals surface area contributed by atoms with Crippen LogP contribution in [0.4, 0.5) is 10.5 Å². The maximum absolute atomic E-state index is 12.8. The molecule has 4 N–H and O–H groups in total. The fourth-order valence-corrected chi connectivity index (χ4v) is 4.16. The topological polar surface area (TPSA) is 154 Å². The number of sulfonamides is 1. The van der Waals surface area contributed by atoms with Crippen LogP contribution in [0.1, 0.15) is 24.2 Å². The molecular formula is C20H22ClN3O7S. The number of carbonyl (C=O) groups is 3. The number of imide groups is 1. The Hall–Kier alpha value is -3.31. The molecule has 2 aromatic rings. The molecule has 0 bridgehead atoms. The molecule has 0 aromatic heterocycles. The van der Waals surface area contributed by atoms with Gasteiger partial charge < -0.3 is 15.2 Å². The lowest BCUT2D eigenvalue weighted by atomic mass is 10.1. The second-order valence-electron chi connectivity index (χ2n) is 6.90. The largest absolute Gasteiger partial charge is 0.497 e. The van der Waals surface area contributed by atoms with E-state index >= 15 is 0 Å². The summed E-state index contributed by atoms with van der Waals surface area (Å²) in [5.41, 5.74) is 5.01. The Kier molecular flexibility index (Phi) is 8.06. The van der Waals surface area contributed by atoms with E-state index in [0.29, 0.717) is 5.75 Å². The summed E-state index contributed by atoms with van der Waals surface area (Å²) in [6.45, 7) is 3.18. The number of nitrogens with one attached hydrogen (secondary N) is 2. The minimum atomic E-state index is -4.17. The highest BCUT2D eigenvalue weighted by molar-refractivity contribution is 7.92. The van der Waals surface area contributed by atoms with Gasteiger partial charge in [0.2, 0.25) is 0 Å². The molecular weight excluding hydrogens is 462 g/mol. The van der Waals surface area contributed by atoms with Crippen molar-refractivity contribution in [3.05, 3.63) is 53.1 Å². The van der Waals surface area contributed by atoms with E-state index in [1.807, 2.05) is 5.32 Å². The molecule has 0 heterocycles. The van der Waals surface area contributed by atoms with Crippen molar-refractivity contribution >= 4 is 45.2 Å². The van der Waals surface area contributed by atoms with Crippen LogP contribution in [0.5, 0.6) is 5.75 Å². The number of halogens is 1. The van der Waals surface area contributed by atoms with E-state index in [9.17, 15) is 22.8 Å². The average molecular weight is 484 g/mol. The Morgan fingerprint density at radius 3 is 2.22 bits per heavy atom. The number of hydrogen-bond donors (Lipinski definition) is 3. The van der Waals surface area contributed by atoms with Crippen molar-refractivity contribution in [1.29, 1.82) is 0 Å². The number of primary amides is 1. The summed E-state index contributed by atoms with van der Waals surface area (Å²) >= 11 is 6.06. The lowest BCUT2D eigenvalue weighted by Crippen LogP contribution is -2.45. The molecule has 2 aromatic carbocycles. The van der Waals surface area contributed by atoms with Crippen molar-refractivity contribution in [3.63, 3.8) is 0 Å². The zero-order valence-corrected chi connectivity index (χ0v) is 19.0. The number of nitrogens with two attached hydrogens (primary N) is 1. The third-order valence-electron chi connectivity index (χ3n) is 4.14. The molecule has 0 aliphatic carbocycles. The number of esters is 1. The van der Waals surface area contributed by atoms with Crippen molar-refractivity contribution < 1.29 is 32.3 Å². The molecule has 0 aliphatic rings. The molecule has 0 spiro atoms. The van der Waals surface area contributed by atoms with Crippen molar-refractivity contribution in [1.82, 2.24) is 5.32 Å². The molecule has 0 aliphatic heterocycles. The SMILES string of the molecule is COc1ccc(NS(=O)(=O)c2cc(C(=O)O[C@H](C(=O)NC(N)=O)C(C)C)ccc2Cl)cc1. The summed E-state index contributed by atoms with van der Waals surface area (Å²) < 4.78 is 38.2. The Morgan fingerprint density at radius 2 is 1.69 bits per heavy atom. The maximum atomic E-state index is 12.8. The number of ether oxygens (including phenoxy) is 2. The van der Waals surface area contributed by atoms with Gasteiger partial charge in [0, 0.05) is 5.69 Å². The van der Waals surface area contributed by atoms with Gasteiger partial charge in [0.1, 0.15) is 10.6 Å². The van der Waals surface area contributed by atoms with E-state index in [2.05, 4.69) is 4.72 Å². The van der Waals surface area contributed by atoms with Crippen molar-refractivity contribution in [2.45, 2.75) is 24.8 Å². The summed E-state index contributed by atoms with van der Waals surface area (Å²) in [4.78, 5) is 35.2. The van der Waals surface area contributed by atoms with Crippen LogP contribution in [-0.2, 0) is 19.6 Å². The van der Waals surface area contributed by atoms with E-state index in [4.69, 9.17) is 26.8 Å². The summed E-state index contributed by atoms with van der Waals surface area (Å²) in [7, 11) is -2.69. The first-order chi connectivity index (χ1) is 14.9. The van der Waals surface area contributed by atoms with Gasteiger partial charge in [-0.15, -0.1) is 0 Å². The summed E-state index contributed by atoms with van der Waals surface area (Å²) in [5, 5.41) is 1.72. The van der Waals surface area contributed by atoms with E-state index in [-0.39, 0.29) is 21.2 Å². The van der Waals surface area contributed by atoms with E-state index in [0.717, 1.165) is 6.07 Å². The Balaban J connectivity index is 2.29. The highest BCUT2D eigenvalue weighted by atomic mass is 35.5. The van der Waals surface area contributed by atoms with Crippen LogP contribution >= 0.6 is 11.6 Å². The number of carbonyl (C=O) groups excluding carboxylic acids is 3. The Morgan fingerprint density at radius 1 is 1.06 bits per heavy atom. The highest BCUT2D eigenvalue weighted by Crippen LogP contribution is 2.26. The zero-order chi connectivity index (χ0) is 24.1. The van der Waals surface area contributed by atoms with Crippen molar-refractivity contribution in [2.24, 2.45) is 11.7 Å². The van der Waals surface area contributed by atoms with Crippen molar-refractivity contribution in [2.75, 3.05) is 11.8 Å². The Labute approximate surface area is 190 Å². The van der Waals surface area contributed by atoms with Gasteiger partial charge in [-0.1, -0.05) is 25.4 Å².